The van der Waals surface area contributed by atoms with Gasteiger partial charge in [-0.15, -0.1) is 0 Å². The first-order valence-corrected chi connectivity index (χ1v) is 6.90. The number of nitro benzene ring substituents is 1. The van der Waals surface area contributed by atoms with Crippen molar-refractivity contribution in [2.45, 2.75) is 5.03 Å². The number of phenols is 1. The lowest BCUT2D eigenvalue weighted by molar-refractivity contribution is -0.384. The first kappa shape index (κ1) is 14.7. The third-order valence-corrected chi connectivity index (χ3v) is 3.71. The highest BCUT2D eigenvalue weighted by Gasteiger charge is 2.23. The second-order valence-corrected chi connectivity index (χ2v) is 5.45. The van der Waals surface area contributed by atoms with Crippen molar-refractivity contribution in [1.82, 2.24) is 4.98 Å². The number of halogens is 1. The summed E-state index contributed by atoms with van der Waals surface area (Å²) >= 11 is 0. The summed E-state index contributed by atoms with van der Waals surface area (Å²) in [6.45, 7) is 0. The number of nitro groups is 1. The van der Waals surface area contributed by atoms with Crippen molar-refractivity contribution >= 4 is 21.4 Å². The Morgan fingerprint density at radius 2 is 2.05 bits per heavy atom. The number of anilines is 1. The highest BCUT2D eigenvalue weighted by atomic mass is 32.2. The van der Waals surface area contributed by atoms with Crippen molar-refractivity contribution in [2.75, 3.05) is 4.72 Å². The smallest absolute Gasteiger partial charge is 0.282 e. The van der Waals surface area contributed by atoms with E-state index in [9.17, 15) is 28.0 Å². The quantitative estimate of drug-likeness (QED) is 0.502. The summed E-state index contributed by atoms with van der Waals surface area (Å²) in [7, 11) is -4.43. The van der Waals surface area contributed by atoms with Gasteiger partial charge in [0.15, 0.2) is 5.82 Å². The van der Waals surface area contributed by atoms with Gasteiger partial charge in [-0.25, -0.2) is 9.37 Å². The van der Waals surface area contributed by atoms with Gasteiger partial charge in [0, 0.05) is 18.3 Å². The Morgan fingerprint density at radius 3 is 2.67 bits per heavy atom. The highest BCUT2D eigenvalue weighted by Crippen LogP contribution is 2.29. The van der Waals surface area contributed by atoms with Crippen molar-refractivity contribution in [3.63, 3.8) is 0 Å². The Hall–Kier alpha value is -2.75. The molecule has 0 bridgehead atoms. The van der Waals surface area contributed by atoms with E-state index in [1.165, 1.54) is 6.07 Å². The summed E-state index contributed by atoms with van der Waals surface area (Å²) in [6.07, 6.45) is 1.07. The van der Waals surface area contributed by atoms with Crippen LogP contribution in [-0.4, -0.2) is 23.4 Å². The van der Waals surface area contributed by atoms with Gasteiger partial charge in [0.05, 0.1) is 10.6 Å². The molecule has 1 heterocycles. The predicted octanol–water partition coefficient (Wildman–Crippen LogP) is 1.64. The van der Waals surface area contributed by atoms with Gasteiger partial charge in [0.25, 0.3) is 15.7 Å². The number of rotatable bonds is 4. The number of aromatic nitrogens is 1. The van der Waals surface area contributed by atoms with Crippen molar-refractivity contribution in [1.29, 1.82) is 0 Å². The van der Waals surface area contributed by atoms with Crippen molar-refractivity contribution in [3.05, 3.63) is 52.5 Å². The fourth-order valence-electron chi connectivity index (χ4n) is 1.48. The summed E-state index contributed by atoms with van der Waals surface area (Å²) in [5, 5.41) is 19.3. The van der Waals surface area contributed by atoms with Gasteiger partial charge >= 0.3 is 0 Å². The Labute approximate surface area is 118 Å². The number of hydrogen-bond donors (Lipinski definition) is 2. The molecule has 0 amide bonds. The SMILES string of the molecule is O=[N+]([O-])c1ccc(O)c(NS(=O)(=O)c2ncccc2F)c1. The molecule has 2 N–H and O–H groups in total. The van der Waals surface area contributed by atoms with Crippen LogP contribution < -0.4 is 4.72 Å². The minimum Gasteiger partial charge on any atom is -0.506 e. The van der Waals surface area contributed by atoms with Crippen molar-refractivity contribution in [3.8, 4) is 5.75 Å². The maximum absolute atomic E-state index is 13.4. The van der Waals surface area contributed by atoms with Crippen LogP contribution in [0.3, 0.4) is 0 Å². The molecule has 1 aromatic heterocycles. The van der Waals surface area contributed by atoms with Crippen LogP contribution in [0.5, 0.6) is 5.75 Å². The summed E-state index contributed by atoms with van der Waals surface area (Å²) in [6, 6.07) is 4.86. The standard InChI is InChI=1S/C11H8FN3O5S/c12-8-2-1-5-13-11(8)21(19,20)14-9-6-7(15(17)18)3-4-10(9)16/h1-6,14,16H. The number of phenolic OH excluding ortho intramolecular Hbond substituents is 1. The first-order chi connectivity index (χ1) is 9.81. The van der Waals surface area contributed by atoms with E-state index in [1.54, 1.807) is 0 Å². The third-order valence-electron chi connectivity index (χ3n) is 2.41. The molecule has 10 heteroatoms. The predicted molar refractivity (Wildman–Crippen MR) is 69.8 cm³/mol. The second-order valence-electron chi connectivity index (χ2n) is 3.85. The normalized spacial score (nSPS) is 11.1. The molecule has 0 aliphatic rings. The molecule has 0 saturated carbocycles. The average Bonchev–Trinajstić information content (AvgIpc) is 2.41. The molecule has 21 heavy (non-hydrogen) atoms. The Balaban J connectivity index is 2.44. The van der Waals surface area contributed by atoms with Crippen LogP contribution in [0.4, 0.5) is 15.8 Å². The summed E-state index contributed by atoms with van der Waals surface area (Å²) in [4.78, 5) is 13.3. The largest absolute Gasteiger partial charge is 0.506 e. The Morgan fingerprint density at radius 1 is 1.33 bits per heavy atom. The molecule has 1 aromatic carbocycles. The van der Waals surface area contributed by atoms with E-state index in [0.717, 1.165) is 30.5 Å². The lowest BCUT2D eigenvalue weighted by atomic mass is 10.2. The maximum Gasteiger partial charge on any atom is 0.282 e. The minimum absolute atomic E-state index is 0.438. The number of nitrogens with one attached hydrogen (secondary N) is 1. The molecule has 110 valence electrons. The van der Waals surface area contributed by atoms with Gasteiger partial charge in [-0.2, -0.15) is 8.42 Å². The van der Waals surface area contributed by atoms with Crippen LogP contribution in [0.1, 0.15) is 0 Å². The molecular formula is C11H8FN3O5S. The topological polar surface area (TPSA) is 122 Å². The third kappa shape index (κ3) is 3.05. The van der Waals surface area contributed by atoms with Crippen LogP contribution in [0.25, 0.3) is 0 Å². The molecule has 0 aliphatic carbocycles. The summed E-state index contributed by atoms with van der Waals surface area (Å²) < 4.78 is 39.2. The summed E-state index contributed by atoms with van der Waals surface area (Å²) in [5.41, 5.74) is -0.888. The van der Waals surface area contributed by atoms with E-state index in [4.69, 9.17) is 0 Å². The number of aromatic hydroxyl groups is 1. The van der Waals surface area contributed by atoms with Crippen molar-refractivity contribution < 1.29 is 22.8 Å². The molecular weight excluding hydrogens is 305 g/mol. The fourth-order valence-corrected chi connectivity index (χ4v) is 2.56. The molecule has 0 atom stereocenters. The molecule has 0 fully saturated rings. The Kier molecular flexibility index (Phi) is 3.72. The van der Waals surface area contributed by atoms with Crippen LogP contribution in [0.15, 0.2) is 41.6 Å². The number of pyridine rings is 1. The highest BCUT2D eigenvalue weighted by molar-refractivity contribution is 7.92. The zero-order valence-corrected chi connectivity index (χ0v) is 11.0. The van der Waals surface area contributed by atoms with Gasteiger partial charge in [-0.05, 0) is 18.2 Å². The Bertz CT molecular complexity index is 809. The van der Waals surface area contributed by atoms with Crippen LogP contribution >= 0.6 is 0 Å². The maximum atomic E-state index is 13.4. The molecule has 0 unspecified atom stereocenters. The fraction of sp³-hybridized carbons (Fsp3) is 0. The molecule has 2 aromatic rings. The van der Waals surface area contributed by atoms with E-state index >= 15 is 0 Å². The van der Waals surface area contributed by atoms with Crippen molar-refractivity contribution in [2.24, 2.45) is 0 Å². The van der Waals surface area contributed by atoms with E-state index < -0.39 is 42.9 Å². The molecule has 0 spiro atoms. The van der Waals surface area contributed by atoms with Gasteiger partial charge in [0.1, 0.15) is 5.75 Å². The van der Waals surface area contributed by atoms with Gasteiger partial charge in [-0.3, -0.25) is 14.8 Å². The van der Waals surface area contributed by atoms with Gasteiger partial charge < -0.3 is 5.11 Å². The number of benzene rings is 1. The number of nitrogens with zero attached hydrogens (tertiary/aromatic N) is 2. The monoisotopic (exact) mass is 313 g/mol. The molecule has 0 aliphatic heterocycles. The number of non-ortho nitro benzene ring substituents is 1. The zero-order chi connectivity index (χ0) is 15.6. The van der Waals surface area contributed by atoms with E-state index in [2.05, 4.69) is 4.98 Å². The van der Waals surface area contributed by atoms with Crippen LogP contribution in [0.2, 0.25) is 0 Å². The molecule has 0 radical (unpaired) electrons. The van der Waals surface area contributed by atoms with Crippen LogP contribution in [0, 0.1) is 15.9 Å². The minimum atomic E-state index is -4.43. The van der Waals surface area contributed by atoms with E-state index in [0.29, 0.717) is 0 Å². The van der Waals surface area contributed by atoms with Gasteiger partial charge in [0.2, 0.25) is 5.03 Å². The summed E-state index contributed by atoms with van der Waals surface area (Å²) in [5.74, 6) is -1.63. The first-order valence-electron chi connectivity index (χ1n) is 5.42. The van der Waals surface area contributed by atoms with Gasteiger partial charge in [-0.1, -0.05) is 0 Å². The average molecular weight is 313 g/mol. The lowest BCUT2D eigenvalue weighted by Crippen LogP contribution is -2.16. The molecule has 0 saturated heterocycles. The zero-order valence-electron chi connectivity index (χ0n) is 10.2. The lowest BCUT2D eigenvalue weighted by Gasteiger charge is -2.09. The van der Waals surface area contributed by atoms with E-state index in [-0.39, 0.29) is 0 Å². The number of sulfonamides is 1. The molecule has 2 rings (SSSR count). The molecule has 8 nitrogen and oxygen atoms in total. The number of hydrogen-bond acceptors (Lipinski definition) is 6. The van der Waals surface area contributed by atoms with Crippen LogP contribution in [-0.2, 0) is 10.0 Å². The van der Waals surface area contributed by atoms with E-state index in [1.807, 2.05) is 4.72 Å². The second kappa shape index (κ2) is 5.32.